The van der Waals surface area contributed by atoms with Gasteiger partial charge in [0.05, 0.1) is 0 Å². The molecule has 1 aromatic heterocycles. The van der Waals surface area contributed by atoms with Crippen molar-refractivity contribution in [2.24, 2.45) is 0 Å². The monoisotopic (exact) mass is 256 g/mol. The first kappa shape index (κ1) is 12.3. The third-order valence-corrected chi connectivity index (χ3v) is 3.25. The summed E-state index contributed by atoms with van der Waals surface area (Å²) in [5.41, 5.74) is 5.57. The molecule has 0 saturated carbocycles. The topological polar surface area (TPSA) is 71.2 Å². The van der Waals surface area contributed by atoms with E-state index < -0.39 is 0 Å². The summed E-state index contributed by atoms with van der Waals surface area (Å²) in [6.07, 6.45) is 2.31. The number of likely N-dealkylation sites (N-methyl/N-ethyl adjacent to an activating group) is 2. The van der Waals surface area contributed by atoms with Gasteiger partial charge in [0.1, 0.15) is 0 Å². The third kappa shape index (κ3) is 2.95. The summed E-state index contributed by atoms with van der Waals surface area (Å²) in [5.74, 6) is 0.707. The van der Waals surface area contributed by atoms with E-state index in [1.165, 1.54) is 6.42 Å². The van der Waals surface area contributed by atoms with Gasteiger partial charge < -0.3 is 15.5 Å². The number of aromatic nitrogens is 3. The minimum atomic E-state index is 0.142. The number of nitrogens with two attached hydrogens (primary N) is 1. The Labute approximate surface area is 106 Å². The van der Waals surface area contributed by atoms with Gasteiger partial charge in [-0.15, -0.1) is 0 Å². The molecule has 0 spiro atoms. The number of halogens is 1. The van der Waals surface area contributed by atoms with Crippen molar-refractivity contribution in [3.63, 3.8) is 0 Å². The van der Waals surface area contributed by atoms with Crippen LogP contribution < -0.4 is 10.6 Å². The first-order chi connectivity index (χ1) is 8.06. The Balaban J connectivity index is 2.15. The summed E-state index contributed by atoms with van der Waals surface area (Å²) in [6.45, 7) is 2.14. The Kier molecular flexibility index (Phi) is 3.63. The predicted molar refractivity (Wildman–Crippen MR) is 68.2 cm³/mol. The van der Waals surface area contributed by atoms with Crippen molar-refractivity contribution in [3.8, 4) is 0 Å². The van der Waals surface area contributed by atoms with Crippen molar-refractivity contribution >= 4 is 23.5 Å². The molecule has 0 amide bonds. The van der Waals surface area contributed by atoms with Crippen LogP contribution in [0, 0.1) is 0 Å². The number of nitrogens with zero attached hydrogens (tertiary/aromatic N) is 5. The van der Waals surface area contributed by atoms with Crippen LogP contribution >= 0.6 is 11.6 Å². The van der Waals surface area contributed by atoms with Gasteiger partial charge in [-0.1, -0.05) is 0 Å². The highest BCUT2D eigenvalue weighted by Crippen LogP contribution is 2.19. The number of anilines is 2. The molecule has 1 saturated heterocycles. The molecule has 1 atom stereocenters. The van der Waals surface area contributed by atoms with Crippen molar-refractivity contribution in [2.45, 2.75) is 18.9 Å². The third-order valence-electron chi connectivity index (χ3n) is 3.08. The second-order valence-electron chi connectivity index (χ2n) is 4.43. The molecule has 1 fully saturated rings. The van der Waals surface area contributed by atoms with Gasteiger partial charge in [-0.25, -0.2) is 0 Å². The minimum absolute atomic E-state index is 0.142. The molecule has 1 aromatic rings. The molecule has 1 aliphatic heterocycles. The van der Waals surface area contributed by atoms with Gasteiger partial charge in [0.25, 0.3) is 0 Å². The lowest BCUT2D eigenvalue weighted by molar-refractivity contribution is 0.247. The molecular weight excluding hydrogens is 240 g/mol. The maximum Gasteiger partial charge on any atom is 0.231 e. The molecule has 1 unspecified atom stereocenters. The molecule has 2 rings (SSSR count). The van der Waals surface area contributed by atoms with Crippen LogP contribution in [0.4, 0.5) is 11.9 Å². The summed E-state index contributed by atoms with van der Waals surface area (Å²) in [4.78, 5) is 16.3. The van der Waals surface area contributed by atoms with E-state index in [0.717, 1.165) is 19.5 Å². The van der Waals surface area contributed by atoms with Gasteiger partial charge in [-0.05, 0) is 38.0 Å². The molecule has 7 heteroatoms. The maximum absolute atomic E-state index is 5.78. The van der Waals surface area contributed by atoms with E-state index in [1.54, 1.807) is 0 Å². The van der Waals surface area contributed by atoms with Gasteiger partial charge in [-0.3, -0.25) is 0 Å². The average Bonchev–Trinajstić information content (AvgIpc) is 2.26. The van der Waals surface area contributed by atoms with E-state index in [1.807, 2.05) is 11.9 Å². The zero-order valence-corrected chi connectivity index (χ0v) is 10.9. The smallest absolute Gasteiger partial charge is 0.231 e. The number of likely N-dealkylation sites (tertiary alicyclic amines) is 1. The molecular formula is C10H17ClN6. The first-order valence-electron chi connectivity index (χ1n) is 5.64. The van der Waals surface area contributed by atoms with E-state index >= 15 is 0 Å². The summed E-state index contributed by atoms with van der Waals surface area (Å²) < 4.78 is 0. The van der Waals surface area contributed by atoms with Gasteiger partial charge in [0, 0.05) is 19.6 Å². The predicted octanol–water partition coefficient (Wildman–Crippen LogP) is 0.638. The molecule has 1 aliphatic rings. The number of rotatable bonds is 2. The van der Waals surface area contributed by atoms with Crippen LogP contribution in [-0.4, -0.2) is 53.1 Å². The van der Waals surface area contributed by atoms with Crippen LogP contribution in [0.15, 0.2) is 0 Å². The summed E-state index contributed by atoms with van der Waals surface area (Å²) >= 11 is 5.78. The van der Waals surface area contributed by atoms with E-state index in [-0.39, 0.29) is 11.2 Å². The molecule has 0 radical (unpaired) electrons. The maximum atomic E-state index is 5.78. The molecule has 2 N–H and O–H groups in total. The van der Waals surface area contributed by atoms with Crippen LogP contribution in [0.3, 0.4) is 0 Å². The Hall–Kier alpha value is -1.14. The fourth-order valence-electron chi connectivity index (χ4n) is 2.13. The Morgan fingerprint density at radius 2 is 2.18 bits per heavy atom. The van der Waals surface area contributed by atoms with Crippen molar-refractivity contribution in [1.29, 1.82) is 0 Å². The van der Waals surface area contributed by atoms with E-state index in [9.17, 15) is 0 Å². The standard InChI is InChI=1S/C10H17ClN6/c1-16-5-3-4-7(6-16)17(2)10-14-8(11)13-9(12)15-10/h7H,3-6H2,1-2H3,(H2,12,13,14,15). The second-order valence-corrected chi connectivity index (χ2v) is 4.77. The molecule has 0 aromatic carbocycles. The molecule has 6 nitrogen and oxygen atoms in total. The average molecular weight is 257 g/mol. The van der Waals surface area contributed by atoms with Gasteiger partial charge in [0.2, 0.25) is 17.2 Å². The van der Waals surface area contributed by atoms with E-state index in [4.69, 9.17) is 17.3 Å². The van der Waals surface area contributed by atoms with Crippen molar-refractivity contribution in [2.75, 3.05) is 37.8 Å². The quantitative estimate of drug-likeness (QED) is 0.837. The number of hydrogen-bond donors (Lipinski definition) is 1. The second kappa shape index (κ2) is 5.01. The molecule has 0 aliphatic carbocycles. The lowest BCUT2D eigenvalue weighted by atomic mass is 10.1. The Bertz CT molecular complexity index is 378. The van der Waals surface area contributed by atoms with E-state index in [0.29, 0.717) is 12.0 Å². The zero-order chi connectivity index (χ0) is 12.4. The van der Waals surface area contributed by atoms with E-state index in [2.05, 4.69) is 26.9 Å². The number of piperidine rings is 1. The normalized spacial score (nSPS) is 21.5. The fraction of sp³-hybridized carbons (Fsp3) is 0.700. The number of nitrogen functional groups attached to an aromatic ring is 1. The van der Waals surface area contributed by atoms with Crippen molar-refractivity contribution in [3.05, 3.63) is 5.28 Å². The highest BCUT2D eigenvalue weighted by atomic mass is 35.5. The van der Waals surface area contributed by atoms with Crippen LogP contribution in [0.25, 0.3) is 0 Å². The van der Waals surface area contributed by atoms with Crippen LogP contribution in [0.5, 0.6) is 0 Å². The summed E-state index contributed by atoms with van der Waals surface area (Å²) in [7, 11) is 4.09. The summed E-state index contributed by atoms with van der Waals surface area (Å²) in [6, 6.07) is 0.395. The fourth-order valence-corrected chi connectivity index (χ4v) is 2.29. The molecule has 0 bridgehead atoms. The SMILES string of the molecule is CN1CCCC(N(C)c2nc(N)nc(Cl)n2)C1. The zero-order valence-electron chi connectivity index (χ0n) is 10.1. The molecule has 2 heterocycles. The first-order valence-corrected chi connectivity index (χ1v) is 6.02. The number of hydrogen-bond acceptors (Lipinski definition) is 6. The lowest BCUT2D eigenvalue weighted by Gasteiger charge is -2.35. The Morgan fingerprint density at radius 1 is 1.41 bits per heavy atom. The van der Waals surface area contributed by atoms with Crippen LogP contribution in [-0.2, 0) is 0 Å². The van der Waals surface area contributed by atoms with Crippen molar-refractivity contribution < 1.29 is 0 Å². The Morgan fingerprint density at radius 3 is 2.82 bits per heavy atom. The highest BCUT2D eigenvalue weighted by Gasteiger charge is 2.23. The van der Waals surface area contributed by atoms with Gasteiger partial charge in [0.15, 0.2) is 0 Å². The highest BCUT2D eigenvalue weighted by molar-refractivity contribution is 6.28. The lowest BCUT2D eigenvalue weighted by Crippen LogP contribution is -2.45. The van der Waals surface area contributed by atoms with Crippen LogP contribution in [0.2, 0.25) is 5.28 Å². The molecule has 17 heavy (non-hydrogen) atoms. The van der Waals surface area contributed by atoms with Gasteiger partial charge in [-0.2, -0.15) is 15.0 Å². The van der Waals surface area contributed by atoms with Crippen LogP contribution in [0.1, 0.15) is 12.8 Å². The van der Waals surface area contributed by atoms with Crippen molar-refractivity contribution in [1.82, 2.24) is 19.9 Å². The van der Waals surface area contributed by atoms with Gasteiger partial charge >= 0.3 is 0 Å². The molecule has 94 valence electrons. The largest absolute Gasteiger partial charge is 0.368 e. The minimum Gasteiger partial charge on any atom is -0.368 e. The summed E-state index contributed by atoms with van der Waals surface area (Å²) in [5, 5.41) is 0.142.